The molecular formula is C24H25NO3S. The summed E-state index contributed by atoms with van der Waals surface area (Å²) < 4.78 is 5.65. The van der Waals surface area contributed by atoms with E-state index in [1.165, 1.54) is 0 Å². The fourth-order valence-corrected chi connectivity index (χ4v) is 4.97. The monoisotopic (exact) mass is 407 g/mol. The number of thiophene rings is 1. The molecule has 0 bridgehead atoms. The van der Waals surface area contributed by atoms with Gasteiger partial charge in [0.1, 0.15) is 6.61 Å². The van der Waals surface area contributed by atoms with E-state index in [1.807, 2.05) is 54.1 Å². The lowest BCUT2D eigenvalue weighted by Crippen LogP contribution is -2.38. The van der Waals surface area contributed by atoms with Gasteiger partial charge in [0.2, 0.25) is 0 Å². The molecule has 0 saturated carbocycles. The average molecular weight is 408 g/mol. The number of Topliss-reactive ketones (excluding diaryl/α,β-unsaturated/α-hetero) is 1. The Kier molecular flexibility index (Phi) is 5.17. The van der Waals surface area contributed by atoms with Crippen molar-refractivity contribution < 1.29 is 14.3 Å². The molecule has 4 nitrogen and oxygen atoms in total. The van der Waals surface area contributed by atoms with E-state index < -0.39 is 0 Å². The molecule has 2 heterocycles. The van der Waals surface area contributed by atoms with E-state index in [2.05, 4.69) is 19.2 Å². The van der Waals surface area contributed by atoms with E-state index in [4.69, 9.17) is 4.74 Å². The largest absolute Gasteiger partial charge is 0.457 e. The number of carbonyl (C=O) groups excluding carboxylic acids is 2. The quantitative estimate of drug-likeness (QED) is 0.717. The van der Waals surface area contributed by atoms with Gasteiger partial charge >= 0.3 is 5.97 Å². The number of hydrogen-bond acceptors (Lipinski definition) is 5. The summed E-state index contributed by atoms with van der Waals surface area (Å²) in [6.45, 7) is 6.32. The van der Waals surface area contributed by atoms with Crippen LogP contribution in [0.1, 0.15) is 50.7 Å². The fourth-order valence-electron chi connectivity index (χ4n) is 4.28. The van der Waals surface area contributed by atoms with Crippen molar-refractivity contribution in [3.63, 3.8) is 0 Å². The molecule has 1 aromatic carbocycles. The Bertz CT molecular complexity index is 1000. The number of rotatable bonds is 4. The molecule has 0 fully saturated rings. The van der Waals surface area contributed by atoms with Gasteiger partial charge in [-0.3, -0.25) is 4.79 Å². The molecule has 150 valence electrons. The lowest BCUT2D eigenvalue weighted by atomic mass is 9.69. The third kappa shape index (κ3) is 3.92. The zero-order valence-electron chi connectivity index (χ0n) is 17.0. The van der Waals surface area contributed by atoms with Crippen LogP contribution in [0.3, 0.4) is 0 Å². The number of allylic oxidation sites excluding steroid dienone is 3. The van der Waals surface area contributed by atoms with Gasteiger partial charge in [0.25, 0.3) is 0 Å². The van der Waals surface area contributed by atoms with Gasteiger partial charge in [0.15, 0.2) is 5.78 Å². The highest BCUT2D eigenvalue weighted by Gasteiger charge is 2.43. The average Bonchev–Trinajstić information content (AvgIpc) is 3.19. The molecule has 0 unspecified atom stereocenters. The standard InChI is InChI=1S/C24H25NO3S/c1-15-20(23(27)28-13-16-7-5-4-6-8-16)21(17-9-10-29-14-17)22-18(25-15)11-24(2,3)12-19(22)26/h4-10,14,21,25H,11-13H2,1-3H3/t21-/m1/s1. The Morgan fingerprint density at radius 1 is 1.21 bits per heavy atom. The van der Waals surface area contributed by atoms with Crippen molar-refractivity contribution in [3.05, 3.63) is 80.8 Å². The molecule has 1 aliphatic carbocycles. The molecule has 0 saturated heterocycles. The number of ketones is 1. The zero-order chi connectivity index (χ0) is 20.6. The molecule has 2 aliphatic rings. The Hall–Kier alpha value is -2.66. The molecule has 2 aromatic rings. The van der Waals surface area contributed by atoms with Crippen LogP contribution in [-0.4, -0.2) is 11.8 Å². The van der Waals surface area contributed by atoms with Crippen LogP contribution in [0.2, 0.25) is 0 Å². The summed E-state index contributed by atoms with van der Waals surface area (Å²) in [5.41, 5.74) is 4.79. The SMILES string of the molecule is CC1=C(C(=O)OCc2ccccc2)[C@@H](c2ccsc2)C2=C(CC(C)(C)CC2=O)N1. The summed E-state index contributed by atoms with van der Waals surface area (Å²) in [6.07, 6.45) is 1.28. The van der Waals surface area contributed by atoms with Crippen molar-refractivity contribution >= 4 is 23.1 Å². The van der Waals surface area contributed by atoms with Crippen molar-refractivity contribution in [2.75, 3.05) is 0 Å². The van der Waals surface area contributed by atoms with Crippen molar-refractivity contribution in [1.29, 1.82) is 0 Å². The van der Waals surface area contributed by atoms with Crippen LogP contribution in [0, 0.1) is 5.41 Å². The van der Waals surface area contributed by atoms with Gasteiger partial charge in [-0.15, -0.1) is 0 Å². The first-order valence-electron chi connectivity index (χ1n) is 9.83. The number of dihydropyridines is 1. The molecule has 0 amide bonds. The van der Waals surface area contributed by atoms with E-state index >= 15 is 0 Å². The highest BCUT2D eigenvalue weighted by atomic mass is 32.1. The third-order valence-corrected chi connectivity index (χ3v) is 6.25. The smallest absolute Gasteiger partial charge is 0.337 e. The molecule has 1 N–H and O–H groups in total. The summed E-state index contributed by atoms with van der Waals surface area (Å²) in [4.78, 5) is 26.3. The summed E-state index contributed by atoms with van der Waals surface area (Å²) in [6, 6.07) is 11.6. The van der Waals surface area contributed by atoms with Gasteiger partial charge in [-0.05, 0) is 46.7 Å². The second-order valence-electron chi connectivity index (χ2n) is 8.55. The van der Waals surface area contributed by atoms with Crippen LogP contribution in [0.25, 0.3) is 0 Å². The van der Waals surface area contributed by atoms with Crippen molar-refractivity contribution in [3.8, 4) is 0 Å². The van der Waals surface area contributed by atoms with E-state index in [1.54, 1.807) is 11.3 Å². The lowest BCUT2D eigenvalue weighted by molar-refractivity contribution is -0.140. The van der Waals surface area contributed by atoms with Crippen LogP contribution in [0.15, 0.2) is 69.7 Å². The van der Waals surface area contributed by atoms with Gasteiger partial charge in [0.05, 0.1) is 5.57 Å². The van der Waals surface area contributed by atoms with E-state index in [9.17, 15) is 9.59 Å². The van der Waals surface area contributed by atoms with Gasteiger partial charge in [-0.1, -0.05) is 44.2 Å². The summed E-state index contributed by atoms with van der Waals surface area (Å²) in [5, 5.41) is 7.37. The Morgan fingerprint density at radius 3 is 2.66 bits per heavy atom. The van der Waals surface area contributed by atoms with Gasteiger partial charge < -0.3 is 10.1 Å². The maximum Gasteiger partial charge on any atom is 0.337 e. The van der Waals surface area contributed by atoms with Crippen molar-refractivity contribution in [2.45, 2.75) is 46.1 Å². The molecule has 4 rings (SSSR count). The van der Waals surface area contributed by atoms with E-state index in [0.29, 0.717) is 12.0 Å². The van der Waals surface area contributed by atoms with Gasteiger partial charge in [-0.25, -0.2) is 4.79 Å². The number of esters is 1. The molecular weight excluding hydrogens is 382 g/mol. The molecule has 29 heavy (non-hydrogen) atoms. The van der Waals surface area contributed by atoms with Gasteiger partial charge in [0, 0.05) is 29.3 Å². The fraction of sp³-hybridized carbons (Fsp3) is 0.333. The molecule has 1 atom stereocenters. The highest BCUT2D eigenvalue weighted by Crippen LogP contribution is 2.47. The van der Waals surface area contributed by atoms with E-state index in [-0.39, 0.29) is 29.7 Å². The summed E-state index contributed by atoms with van der Waals surface area (Å²) >= 11 is 1.57. The topological polar surface area (TPSA) is 55.4 Å². The van der Waals surface area contributed by atoms with Crippen LogP contribution < -0.4 is 5.32 Å². The number of carbonyl (C=O) groups is 2. The Balaban J connectivity index is 1.69. The first-order valence-corrected chi connectivity index (χ1v) is 10.8. The summed E-state index contributed by atoms with van der Waals surface area (Å²) in [7, 11) is 0. The van der Waals surface area contributed by atoms with E-state index in [0.717, 1.165) is 34.5 Å². The Morgan fingerprint density at radius 2 is 1.97 bits per heavy atom. The predicted molar refractivity (Wildman–Crippen MR) is 114 cm³/mol. The minimum Gasteiger partial charge on any atom is -0.457 e. The van der Waals surface area contributed by atoms with Crippen molar-refractivity contribution in [1.82, 2.24) is 5.32 Å². The van der Waals surface area contributed by atoms with Crippen LogP contribution in [0.5, 0.6) is 0 Å². The third-order valence-electron chi connectivity index (χ3n) is 5.55. The molecule has 0 radical (unpaired) electrons. The van der Waals surface area contributed by atoms with Crippen LogP contribution >= 0.6 is 11.3 Å². The number of nitrogens with one attached hydrogen (secondary N) is 1. The number of hydrogen-bond donors (Lipinski definition) is 1. The molecule has 1 aliphatic heterocycles. The maximum atomic E-state index is 13.1. The molecule has 5 heteroatoms. The second-order valence-corrected chi connectivity index (χ2v) is 9.33. The second kappa shape index (κ2) is 7.64. The van der Waals surface area contributed by atoms with Crippen LogP contribution in [0.4, 0.5) is 0 Å². The molecule has 0 spiro atoms. The number of benzene rings is 1. The maximum absolute atomic E-state index is 13.1. The molecule has 1 aromatic heterocycles. The summed E-state index contributed by atoms with van der Waals surface area (Å²) in [5.74, 6) is -0.635. The highest BCUT2D eigenvalue weighted by molar-refractivity contribution is 7.08. The zero-order valence-corrected chi connectivity index (χ0v) is 17.8. The van der Waals surface area contributed by atoms with Crippen LogP contribution in [-0.2, 0) is 20.9 Å². The first kappa shape index (κ1) is 19.6. The van der Waals surface area contributed by atoms with Crippen molar-refractivity contribution in [2.24, 2.45) is 5.41 Å². The van der Waals surface area contributed by atoms with Gasteiger partial charge in [-0.2, -0.15) is 11.3 Å². The minimum atomic E-state index is -0.376. The number of ether oxygens (including phenoxy) is 1. The lowest BCUT2D eigenvalue weighted by Gasteiger charge is -2.39. The normalized spacial score (nSPS) is 20.9. The first-order chi connectivity index (χ1) is 13.9. The predicted octanol–water partition coefficient (Wildman–Crippen LogP) is 5.10. The Labute approximate surface area is 175 Å². The minimum absolute atomic E-state index is 0.0896.